The molecule has 0 spiro atoms. The number of aryl methyl sites for hydroxylation is 1. The minimum atomic E-state index is -0.159. The summed E-state index contributed by atoms with van der Waals surface area (Å²) in [5, 5.41) is 5.55. The van der Waals surface area contributed by atoms with Gasteiger partial charge in [0.2, 0.25) is 5.91 Å². The van der Waals surface area contributed by atoms with Gasteiger partial charge in [-0.05, 0) is 67.8 Å². The number of amides is 3. The Kier molecular flexibility index (Phi) is 6.69. The topological polar surface area (TPSA) is 78.5 Å². The molecule has 3 rings (SSSR count). The Morgan fingerprint density at radius 1 is 1.00 bits per heavy atom. The molecule has 0 radical (unpaired) electrons. The first kappa shape index (κ1) is 21.0. The molecule has 1 heterocycles. The summed E-state index contributed by atoms with van der Waals surface area (Å²) in [5.74, 6) is -0.343. The van der Waals surface area contributed by atoms with Gasteiger partial charge in [-0.25, -0.2) is 0 Å². The molecule has 29 heavy (non-hydrogen) atoms. The number of nitrogens with zero attached hydrogens (tertiary/aromatic N) is 1. The van der Waals surface area contributed by atoms with Crippen LogP contribution in [0.2, 0.25) is 0 Å². The second-order valence-electron chi connectivity index (χ2n) is 7.17. The SMILES string of the molecule is CNC(=O)c1ccc(NC(=O)C2CCN(C(=O)c3ccc(Br)cc3)CC2)c(C)c1. The summed E-state index contributed by atoms with van der Waals surface area (Å²) in [5.41, 5.74) is 2.75. The normalized spacial score (nSPS) is 14.4. The van der Waals surface area contributed by atoms with Crippen molar-refractivity contribution in [1.29, 1.82) is 0 Å². The number of anilines is 1. The fraction of sp³-hybridized carbons (Fsp3) is 0.318. The maximum absolute atomic E-state index is 12.7. The van der Waals surface area contributed by atoms with E-state index in [9.17, 15) is 14.4 Å². The molecule has 1 fully saturated rings. The number of carbonyl (C=O) groups excluding carboxylic acids is 3. The van der Waals surface area contributed by atoms with E-state index in [4.69, 9.17) is 0 Å². The average molecular weight is 458 g/mol. The first-order valence-electron chi connectivity index (χ1n) is 9.57. The van der Waals surface area contributed by atoms with Gasteiger partial charge < -0.3 is 15.5 Å². The summed E-state index contributed by atoms with van der Waals surface area (Å²) < 4.78 is 0.933. The summed E-state index contributed by atoms with van der Waals surface area (Å²) in [6.07, 6.45) is 1.26. The van der Waals surface area contributed by atoms with E-state index in [0.29, 0.717) is 42.7 Å². The van der Waals surface area contributed by atoms with Gasteiger partial charge in [0.15, 0.2) is 0 Å². The lowest BCUT2D eigenvalue weighted by molar-refractivity contribution is -0.121. The number of piperidine rings is 1. The maximum atomic E-state index is 12.7. The van der Waals surface area contributed by atoms with Crippen LogP contribution in [0.15, 0.2) is 46.9 Å². The minimum Gasteiger partial charge on any atom is -0.355 e. The van der Waals surface area contributed by atoms with E-state index in [1.807, 2.05) is 19.1 Å². The Bertz CT molecular complexity index is 919. The Morgan fingerprint density at radius 3 is 2.21 bits per heavy atom. The van der Waals surface area contributed by atoms with E-state index in [2.05, 4.69) is 26.6 Å². The summed E-state index contributed by atoms with van der Waals surface area (Å²) >= 11 is 3.37. The van der Waals surface area contributed by atoms with Crippen LogP contribution in [0, 0.1) is 12.8 Å². The molecular formula is C22H24BrN3O3. The Labute approximate surface area is 178 Å². The molecular weight excluding hydrogens is 434 g/mol. The Hall–Kier alpha value is -2.67. The molecule has 2 N–H and O–H groups in total. The van der Waals surface area contributed by atoms with Crippen LogP contribution in [0.3, 0.4) is 0 Å². The molecule has 0 aliphatic carbocycles. The number of nitrogens with one attached hydrogen (secondary N) is 2. The standard InChI is InChI=1S/C22H24BrN3O3/c1-14-13-17(20(27)24-2)5-8-19(14)25-21(28)15-9-11-26(12-10-15)22(29)16-3-6-18(23)7-4-16/h3-8,13,15H,9-12H2,1-2H3,(H,24,27)(H,25,28). The lowest BCUT2D eigenvalue weighted by atomic mass is 9.95. The highest BCUT2D eigenvalue weighted by Gasteiger charge is 2.28. The fourth-order valence-electron chi connectivity index (χ4n) is 3.44. The zero-order valence-corrected chi connectivity index (χ0v) is 18.1. The molecule has 0 saturated carbocycles. The summed E-state index contributed by atoms with van der Waals surface area (Å²) in [6.45, 7) is 2.98. The maximum Gasteiger partial charge on any atom is 0.253 e. The smallest absolute Gasteiger partial charge is 0.253 e. The number of halogens is 1. The highest BCUT2D eigenvalue weighted by Crippen LogP contribution is 2.23. The van der Waals surface area contributed by atoms with Gasteiger partial charge in [-0.15, -0.1) is 0 Å². The van der Waals surface area contributed by atoms with Crippen molar-refractivity contribution in [3.63, 3.8) is 0 Å². The van der Waals surface area contributed by atoms with Crippen molar-refractivity contribution >= 4 is 39.3 Å². The van der Waals surface area contributed by atoms with Gasteiger partial charge in [-0.1, -0.05) is 15.9 Å². The van der Waals surface area contributed by atoms with Gasteiger partial charge in [-0.2, -0.15) is 0 Å². The van der Waals surface area contributed by atoms with Crippen molar-refractivity contribution < 1.29 is 14.4 Å². The highest BCUT2D eigenvalue weighted by atomic mass is 79.9. The van der Waals surface area contributed by atoms with Crippen molar-refractivity contribution in [1.82, 2.24) is 10.2 Å². The molecule has 7 heteroatoms. The highest BCUT2D eigenvalue weighted by molar-refractivity contribution is 9.10. The molecule has 1 aliphatic heterocycles. The molecule has 0 atom stereocenters. The molecule has 0 aromatic heterocycles. The molecule has 0 unspecified atom stereocenters. The lowest BCUT2D eigenvalue weighted by Gasteiger charge is -2.31. The van der Waals surface area contributed by atoms with Gasteiger partial charge >= 0.3 is 0 Å². The van der Waals surface area contributed by atoms with Crippen molar-refractivity contribution in [2.24, 2.45) is 5.92 Å². The quantitative estimate of drug-likeness (QED) is 0.735. The third kappa shape index (κ3) is 5.03. The monoisotopic (exact) mass is 457 g/mol. The molecule has 1 aliphatic rings. The molecule has 1 saturated heterocycles. The van der Waals surface area contributed by atoms with Crippen LogP contribution in [0.4, 0.5) is 5.69 Å². The van der Waals surface area contributed by atoms with Gasteiger partial charge in [0.1, 0.15) is 0 Å². The molecule has 2 aromatic carbocycles. The summed E-state index contributed by atoms with van der Waals surface area (Å²) in [4.78, 5) is 38.8. The minimum absolute atomic E-state index is 0.00279. The van der Waals surface area contributed by atoms with E-state index < -0.39 is 0 Å². The van der Waals surface area contributed by atoms with Crippen molar-refractivity contribution in [3.05, 3.63) is 63.6 Å². The number of benzene rings is 2. The fourth-order valence-corrected chi connectivity index (χ4v) is 3.71. The zero-order chi connectivity index (χ0) is 21.0. The van der Waals surface area contributed by atoms with Crippen LogP contribution in [0.5, 0.6) is 0 Å². The van der Waals surface area contributed by atoms with E-state index >= 15 is 0 Å². The largest absolute Gasteiger partial charge is 0.355 e. The molecule has 2 aromatic rings. The summed E-state index contributed by atoms with van der Waals surface area (Å²) in [7, 11) is 1.58. The lowest BCUT2D eigenvalue weighted by Crippen LogP contribution is -2.41. The first-order valence-corrected chi connectivity index (χ1v) is 10.4. The molecule has 6 nitrogen and oxygen atoms in total. The van der Waals surface area contributed by atoms with Crippen molar-refractivity contribution in [2.45, 2.75) is 19.8 Å². The third-order valence-electron chi connectivity index (χ3n) is 5.22. The van der Waals surface area contributed by atoms with Crippen LogP contribution in [0.1, 0.15) is 39.1 Å². The van der Waals surface area contributed by atoms with Crippen LogP contribution in [-0.2, 0) is 4.79 Å². The summed E-state index contributed by atoms with van der Waals surface area (Å²) in [6, 6.07) is 12.5. The number of carbonyl (C=O) groups is 3. The van der Waals surface area contributed by atoms with E-state index in [1.54, 1.807) is 42.3 Å². The predicted octanol–water partition coefficient (Wildman–Crippen LogP) is 3.61. The average Bonchev–Trinajstić information content (AvgIpc) is 2.74. The Balaban J connectivity index is 1.57. The first-order chi connectivity index (χ1) is 13.9. The number of hydrogen-bond donors (Lipinski definition) is 2. The van der Waals surface area contributed by atoms with E-state index in [-0.39, 0.29) is 23.6 Å². The van der Waals surface area contributed by atoms with E-state index in [1.165, 1.54) is 0 Å². The second kappa shape index (κ2) is 9.22. The van der Waals surface area contributed by atoms with Crippen LogP contribution in [-0.4, -0.2) is 42.8 Å². The Morgan fingerprint density at radius 2 is 1.62 bits per heavy atom. The number of likely N-dealkylation sites (tertiary alicyclic amines) is 1. The van der Waals surface area contributed by atoms with Crippen LogP contribution >= 0.6 is 15.9 Å². The van der Waals surface area contributed by atoms with Crippen LogP contribution < -0.4 is 10.6 Å². The number of hydrogen-bond acceptors (Lipinski definition) is 3. The number of rotatable bonds is 4. The predicted molar refractivity (Wildman–Crippen MR) is 116 cm³/mol. The van der Waals surface area contributed by atoms with Crippen molar-refractivity contribution in [3.8, 4) is 0 Å². The molecule has 0 bridgehead atoms. The van der Waals surface area contributed by atoms with Gasteiger partial charge in [0.05, 0.1) is 0 Å². The van der Waals surface area contributed by atoms with Gasteiger partial charge in [0.25, 0.3) is 11.8 Å². The van der Waals surface area contributed by atoms with Gasteiger partial charge in [-0.3, -0.25) is 14.4 Å². The van der Waals surface area contributed by atoms with E-state index in [0.717, 1.165) is 10.0 Å². The molecule has 3 amide bonds. The third-order valence-corrected chi connectivity index (χ3v) is 5.75. The van der Waals surface area contributed by atoms with Crippen LogP contribution in [0.25, 0.3) is 0 Å². The zero-order valence-electron chi connectivity index (χ0n) is 16.5. The molecule has 152 valence electrons. The second-order valence-corrected chi connectivity index (χ2v) is 8.09. The van der Waals surface area contributed by atoms with Gasteiger partial charge in [0, 0.05) is 47.3 Å². The van der Waals surface area contributed by atoms with Crippen molar-refractivity contribution in [2.75, 3.05) is 25.5 Å².